The first-order valence-corrected chi connectivity index (χ1v) is 7.94. The summed E-state index contributed by atoms with van der Waals surface area (Å²) >= 11 is 0. The number of rotatable bonds is 2. The van der Waals surface area contributed by atoms with Crippen LogP contribution in [0.1, 0.15) is 25.0 Å². The minimum absolute atomic E-state index is 0.0967. The third-order valence-electron chi connectivity index (χ3n) is 4.26. The number of aryl methyl sites for hydroxylation is 2. The van der Waals surface area contributed by atoms with Crippen LogP contribution in [0.2, 0.25) is 0 Å². The number of hydrogen-bond acceptors (Lipinski definition) is 1. The molecule has 3 rings (SSSR count). The van der Waals surface area contributed by atoms with Gasteiger partial charge in [0.2, 0.25) is 0 Å². The van der Waals surface area contributed by atoms with Crippen molar-refractivity contribution in [2.45, 2.75) is 33.7 Å². The summed E-state index contributed by atoms with van der Waals surface area (Å²) < 4.78 is 1.95. The molecular weight excluding hydrogens is 284 g/mol. The van der Waals surface area contributed by atoms with Gasteiger partial charge in [-0.2, -0.15) is 9.48 Å². The monoisotopic (exact) mass is 307 g/mol. The molecule has 0 aromatic heterocycles. The lowest BCUT2D eigenvalue weighted by atomic mass is 10.1. The highest BCUT2D eigenvalue weighted by Gasteiger charge is 2.34. The summed E-state index contributed by atoms with van der Waals surface area (Å²) in [5, 5.41) is 10.9. The Morgan fingerprint density at radius 2 is 1.39 bits per heavy atom. The molecule has 3 heteroatoms. The summed E-state index contributed by atoms with van der Waals surface area (Å²) in [5.41, 5.74) is 5.39. The molecule has 0 saturated heterocycles. The number of nitrogens with zero attached hydrogens (tertiary/aromatic N) is 2. The van der Waals surface area contributed by atoms with Gasteiger partial charge in [-0.3, -0.25) is 0 Å². The van der Waals surface area contributed by atoms with Crippen molar-refractivity contribution in [2.24, 2.45) is 0 Å². The number of hydrogen-bond donors (Lipinski definition) is 1. The van der Waals surface area contributed by atoms with E-state index in [0.717, 1.165) is 17.1 Å². The summed E-state index contributed by atoms with van der Waals surface area (Å²) in [6.07, 6.45) is 2.17. The lowest BCUT2D eigenvalue weighted by molar-refractivity contribution is -0.478. The van der Waals surface area contributed by atoms with Gasteiger partial charge < -0.3 is 5.11 Å². The molecule has 1 aliphatic heterocycles. The lowest BCUT2D eigenvalue weighted by Gasteiger charge is -2.25. The van der Waals surface area contributed by atoms with E-state index in [1.807, 2.05) is 40.7 Å². The van der Waals surface area contributed by atoms with Crippen LogP contribution in [0.15, 0.2) is 60.3 Å². The topological polar surface area (TPSA) is 26.5 Å². The number of aliphatic hydroxyl groups is 1. The van der Waals surface area contributed by atoms with Crippen molar-refractivity contribution in [1.82, 2.24) is 0 Å². The van der Waals surface area contributed by atoms with E-state index in [1.54, 1.807) is 0 Å². The minimum atomic E-state index is 0.0967. The van der Waals surface area contributed by atoms with Crippen LogP contribution in [-0.2, 0) is 0 Å². The summed E-state index contributed by atoms with van der Waals surface area (Å²) in [5.74, 6) is 0. The molecule has 0 unspecified atom stereocenters. The molecule has 118 valence electrons. The largest absolute Gasteiger partial charge is 0.459 e. The average molecular weight is 307 g/mol. The summed E-state index contributed by atoms with van der Waals surface area (Å²) in [6, 6.07) is 16.7. The van der Waals surface area contributed by atoms with E-state index in [4.69, 9.17) is 0 Å². The van der Waals surface area contributed by atoms with Crippen molar-refractivity contribution < 1.29 is 9.68 Å². The number of benzene rings is 2. The Morgan fingerprint density at radius 1 is 0.870 bits per heavy atom. The van der Waals surface area contributed by atoms with Gasteiger partial charge in [-0.1, -0.05) is 35.4 Å². The van der Waals surface area contributed by atoms with Crippen LogP contribution in [0.4, 0.5) is 11.4 Å². The van der Waals surface area contributed by atoms with Crippen molar-refractivity contribution in [2.75, 3.05) is 4.90 Å². The van der Waals surface area contributed by atoms with Gasteiger partial charge in [0.25, 0.3) is 0 Å². The fraction of sp³-hybridized carbons (Fsp3) is 0.250. The maximum atomic E-state index is 10.9. The van der Waals surface area contributed by atoms with Gasteiger partial charge in [0, 0.05) is 6.08 Å². The van der Waals surface area contributed by atoms with Crippen LogP contribution in [-0.4, -0.2) is 21.7 Å². The number of amidine groups is 1. The standard InChI is InChI=1S/C20H22N2O/c1-14-5-9-18(10-6-14)21-16(3)13-17(4)22(20(21)23)19-11-7-15(2)8-12-19/h5-13,16H,1-4H3/p+1/t16-/m1/s1. The average Bonchev–Trinajstić information content (AvgIpc) is 2.50. The first kappa shape index (κ1) is 15.3. The Hall–Kier alpha value is -2.55. The molecule has 1 N–H and O–H groups in total. The Balaban J connectivity index is 2.10. The maximum absolute atomic E-state index is 10.9. The predicted molar refractivity (Wildman–Crippen MR) is 95.6 cm³/mol. The molecule has 1 atom stereocenters. The third kappa shape index (κ3) is 2.87. The third-order valence-corrected chi connectivity index (χ3v) is 4.26. The highest BCUT2D eigenvalue weighted by atomic mass is 16.3. The molecular formula is C20H23N2O+. The molecule has 0 amide bonds. The van der Waals surface area contributed by atoms with Crippen LogP contribution >= 0.6 is 0 Å². The molecule has 0 aliphatic carbocycles. The van der Waals surface area contributed by atoms with Crippen LogP contribution in [0.5, 0.6) is 0 Å². The molecule has 2 aromatic rings. The Labute approximate surface area is 137 Å². The Morgan fingerprint density at radius 3 is 1.96 bits per heavy atom. The smallest absolute Gasteiger partial charge is 0.446 e. The van der Waals surface area contributed by atoms with Gasteiger partial charge in [-0.15, -0.1) is 0 Å². The SMILES string of the molecule is CC1=C[C@@H](C)[N+](c2ccc(C)cc2)=C(O)N1c1ccc(C)cc1. The Bertz CT molecular complexity index is 770. The van der Waals surface area contributed by atoms with E-state index in [0.29, 0.717) is 0 Å². The fourth-order valence-electron chi connectivity index (χ4n) is 3.01. The van der Waals surface area contributed by atoms with Crippen molar-refractivity contribution in [3.05, 3.63) is 71.4 Å². The second-order valence-electron chi connectivity index (χ2n) is 6.23. The zero-order valence-electron chi connectivity index (χ0n) is 14.1. The van der Waals surface area contributed by atoms with Crippen LogP contribution in [0.3, 0.4) is 0 Å². The molecule has 3 nitrogen and oxygen atoms in total. The van der Waals surface area contributed by atoms with Gasteiger partial charge in [-0.05, 0) is 52.0 Å². The second-order valence-corrected chi connectivity index (χ2v) is 6.23. The van der Waals surface area contributed by atoms with E-state index in [-0.39, 0.29) is 12.1 Å². The molecule has 0 radical (unpaired) electrons. The summed E-state index contributed by atoms with van der Waals surface area (Å²) in [4.78, 5) is 1.89. The fourth-order valence-corrected chi connectivity index (χ4v) is 3.01. The van der Waals surface area contributed by atoms with Crippen LogP contribution in [0.25, 0.3) is 0 Å². The van der Waals surface area contributed by atoms with Crippen molar-refractivity contribution >= 4 is 17.4 Å². The first-order chi connectivity index (χ1) is 11.0. The van der Waals surface area contributed by atoms with Crippen LogP contribution < -0.4 is 4.90 Å². The number of anilines is 1. The quantitative estimate of drug-likeness (QED) is 0.816. The van der Waals surface area contributed by atoms with E-state index in [9.17, 15) is 5.11 Å². The maximum Gasteiger partial charge on any atom is 0.459 e. The zero-order chi connectivity index (χ0) is 16.6. The molecule has 1 aliphatic rings. The number of aliphatic hydroxyl groups excluding tert-OH is 1. The first-order valence-electron chi connectivity index (χ1n) is 7.94. The molecule has 2 aromatic carbocycles. The zero-order valence-corrected chi connectivity index (χ0v) is 14.1. The van der Waals surface area contributed by atoms with Gasteiger partial charge in [0.15, 0.2) is 0 Å². The van der Waals surface area contributed by atoms with Gasteiger partial charge in [0.1, 0.15) is 23.1 Å². The predicted octanol–water partition coefficient (Wildman–Crippen LogP) is 4.67. The molecule has 0 saturated carbocycles. The lowest BCUT2D eigenvalue weighted by Crippen LogP contribution is -2.42. The normalized spacial score (nSPS) is 18.2. The molecule has 0 bridgehead atoms. The molecule has 0 fully saturated rings. The van der Waals surface area contributed by atoms with E-state index in [1.165, 1.54) is 11.1 Å². The van der Waals surface area contributed by atoms with Gasteiger partial charge >= 0.3 is 6.02 Å². The number of allylic oxidation sites excluding steroid dienone is 1. The van der Waals surface area contributed by atoms with E-state index in [2.05, 4.69) is 51.1 Å². The van der Waals surface area contributed by atoms with Crippen molar-refractivity contribution in [3.8, 4) is 0 Å². The highest BCUT2D eigenvalue weighted by Crippen LogP contribution is 2.27. The second kappa shape index (κ2) is 5.92. The van der Waals surface area contributed by atoms with Crippen molar-refractivity contribution in [1.29, 1.82) is 0 Å². The van der Waals surface area contributed by atoms with Crippen LogP contribution in [0, 0.1) is 13.8 Å². The van der Waals surface area contributed by atoms with Gasteiger partial charge in [0.05, 0.1) is 0 Å². The highest BCUT2D eigenvalue weighted by molar-refractivity contribution is 5.91. The van der Waals surface area contributed by atoms with E-state index < -0.39 is 0 Å². The molecule has 1 heterocycles. The summed E-state index contributed by atoms with van der Waals surface area (Å²) in [7, 11) is 0. The van der Waals surface area contributed by atoms with Gasteiger partial charge in [-0.25, -0.2) is 0 Å². The Kier molecular flexibility index (Phi) is 3.95. The molecule has 23 heavy (non-hydrogen) atoms. The van der Waals surface area contributed by atoms with Crippen molar-refractivity contribution in [3.63, 3.8) is 0 Å². The summed E-state index contributed by atoms with van der Waals surface area (Å²) in [6.45, 7) is 8.24. The van der Waals surface area contributed by atoms with E-state index >= 15 is 0 Å². The molecule has 0 spiro atoms. The minimum Gasteiger partial charge on any atom is -0.446 e.